The molecule has 0 bridgehead atoms. The lowest BCUT2D eigenvalue weighted by molar-refractivity contribution is -0.145. The van der Waals surface area contributed by atoms with Crippen molar-refractivity contribution in [3.63, 3.8) is 0 Å². The summed E-state index contributed by atoms with van der Waals surface area (Å²) in [7, 11) is 0. The number of aliphatic hydroxyl groups excluding tert-OH is 4. The number of hydrogen-bond acceptors (Lipinski definition) is 5. The molecule has 0 radical (unpaired) electrons. The number of aliphatic hydroxyl groups is 4. The number of β-amino-alcohol motifs (C(OH)–C–C–N with tert-alkyl or cyclic N) is 1. The highest BCUT2D eigenvalue weighted by Crippen LogP contribution is 2.19. The molecule has 5 heteroatoms. The van der Waals surface area contributed by atoms with Crippen LogP contribution in [0.2, 0.25) is 0 Å². The van der Waals surface area contributed by atoms with Crippen LogP contribution in [-0.2, 0) is 0 Å². The smallest absolute Gasteiger partial charge is 0.109 e. The van der Waals surface area contributed by atoms with E-state index in [1.807, 2.05) is 4.90 Å². The zero-order chi connectivity index (χ0) is 15.0. The minimum atomic E-state index is -1.16. The summed E-state index contributed by atoms with van der Waals surface area (Å²) in [5, 5.41) is 38.5. The predicted molar refractivity (Wildman–Crippen MR) is 78.5 cm³/mol. The molecule has 1 saturated heterocycles. The second-order valence-electron chi connectivity index (χ2n) is 5.91. The van der Waals surface area contributed by atoms with Crippen LogP contribution in [-0.4, -0.2) is 69.4 Å². The Bertz CT molecular complexity index is 252. The molecule has 5 nitrogen and oxygen atoms in total. The monoisotopic (exact) mass is 289 g/mol. The zero-order valence-corrected chi connectivity index (χ0v) is 12.6. The van der Waals surface area contributed by atoms with E-state index in [9.17, 15) is 20.4 Å². The molecule has 0 aromatic rings. The Hall–Kier alpha value is -0.200. The van der Waals surface area contributed by atoms with E-state index in [4.69, 9.17) is 0 Å². The summed E-state index contributed by atoms with van der Waals surface area (Å²) in [5.41, 5.74) is 0. The first-order valence-corrected chi connectivity index (χ1v) is 8.01. The lowest BCUT2D eigenvalue weighted by atomic mass is 9.94. The van der Waals surface area contributed by atoms with E-state index >= 15 is 0 Å². The van der Waals surface area contributed by atoms with Gasteiger partial charge in [-0.1, -0.05) is 45.4 Å². The number of hydrogen-bond donors (Lipinski definition) is 4. The molecule has 0 aromatic heterocycles. The minimum Gasteiger partial charge on any atom is -0.395 e. The molecule has 1 fully saturated rings. The summed E-state index contributed by atoms with van der Waals surface area (Å²) in [6.45, 7) is 3.08. The number of rotatable bonds is 9. The van der Waals surface area contributed by atoms with Gasteiger partial charge in [0, 0.05) is 6.54 Å². The second kappa shape index (κ2) is 9.68. The average molecular weight is 289 g/mol. The lowest BCUT2D eigenvalue weighted by Crippen LogP contribution is -2.62. The zero-order valence-electron chi connectivity index (χ0n) is 12.6. The van der Waals surface area contributed by atoms with E-state index in [0.717, 1.165) is 19.4 Å². The molecule has 120 valence electrons. The number of likely N-dealkylation sites (tertiary alicyclic amines) is 1. The van der Waals surface area contributed by atoms with Crippen molar-refractivity contribution in [3.8, 4) is 0 Å². The Morgan fingerprint density at radius 3 is 2.10 bits per heavy atom. The molecule has 1 rings (SSSR count). The van der Waals surface area contributed by atoms with Gasteiger partial charge in [-0.05, 0) is 13.0 Å². The summed E-state index contributed by atoms with van der Waals surface area (Å²) in [6.07, 6.45) is 5.29. The second-order valence-corrected chi connectivity index (χ2v) is 5.91. The van der Waals surface area contributed by atoms with E-state index < -0.39 is 24.4 Å². The van der Waals surface area contributed by atoms with Crippen LogP contribution in [0, 0.1) is 0 Å². The van der Waals surface area contributed by atoms with Crippen LogP contribution in [0.1, 0.15) is 51.9 Å². The van der Waals surface area contributed by atoms with Gasteiger partial charge in [-0.25, -0.2) is 0 Å². The molecule has 0 saturated carbocycles. The Labute approximate surface area is 122 Å². The van der Waals surface area contributed by atoms with Crippen LogP contribution in [0.25, 0.3) is 0 Å². The first-order chi connectivity index (χ1) is 9.61. The summed E-state index contributed by atoms with van der Waals surface area (Å²) < 4.78 is 0. The van der Waals surface area contributed by atoms with Gasteiger partial charge in [-0.2, -0.15) is 0 Å². The SMILES string of the molecule is CCCCCCCCCN1C[C@H](O)[C@@H](O)[C@@H](O)[C@@H]1CO. The molecule has 0 aromatic carbocycles. The fraction of sp³-hybridized carbons (Fsp3) is 1.00. The summed E-state index contributed by atoms with van der Waals surface area (Å²) in [4.78, 5) is 1.90. The van der Waals surface area contributed by atoms with Crippen molar-refractivity contribution in [2.24, 2.45) is 0 Å². The maximum Gasteiger partial charge on any atom is 0.109 e. The van der Waals surface area contributed by atoms with Gasteiger partial charge in [0.2, 0.25) is 0 Å². The van der Waals surface area contributed by atoms with Crippen LogP contribution in [0.5, 0.6) is 0 Å². The van der Waals surface area contributed by atoms with Crippen molar-refractivity contribution in [1.82, 2.24) is 4.90 Å². The average Bonchev–Trinajstić information content (AvgIpc) is 2.44. The molecule has 1 heterocycles. The predicted octanol–water partition coefficient (Wildman–Crippen LogP) is 0.496. The fourth-order valence-corrected chi connectivity index (χ4v) is 2.91. The van der Waals surface area contributed by atoms with Crippen molar-refractivity contribution in [2.45, 2.75) is 76.2 Å². The first-order valence-electron chi connectivity index (χ1n) is 8.01. The maximum atomic E-state index is 9.87. The Balaban J connectivity index is 2.24. The maximum absolute atomic E-state index is 9.87. The van der Waals surface area contributed by atoms with Gasteiger partial charge < -0.3 is 20.4 Å². The summed E-state index contributed by atoms with van der Waals surface area (Å²) in [5.74, 6) is 0. The van der Waals surface area contributed by atoms with Crippen LogP contribution >= 0.6 is 0 Å². The largest absolute Gasteiger partial charge is 0.395 e. The molecule has 0 spiro atoms. The molecular weight excluding hydrogens is 258 g/mol. The summed E-state index contributed by atoms with van der Waals surface area (Å²) in [6, 6.07) is -0.464. The van der Waals surface area contributed by atoms with Crippen LogP contribution in [0.3, 0.4) is 0 Å². The van der Waals surface area contributed by atoms with Gasteiger partial charge >= 0.3 is 0 Å². The van der Waals surface area contributed by atoms with E-state index in [1.54, 1.807) is 0 Å². The highest BCUT2D eigenvalue weighted by molar-refractivity contribution is 4.93. The molecular formula is C15H31NO4. The molecule has 0 aliphatic carbocycles. The van der Waals surface area contributed by atoms with Crippen molar-refractivity contribution >= 4 is 0 Å². The van der Waals surface area contributed by atoms with Crippen molar-refractivity contribution in [3.05, 3.63) is 0 Å². The van der Waals surface area contributed by atoms with Gasteiger partial charge in [0.05, 0.1) is 18.8 Å². The quantitative estimate of drug-likeness (QED) is 0.465. The molecule has 0 unspecified atom stereocenters. The number of piperidine rings is 1. The van der Waals surface area contributed by atoms with Gasteiger partial charge in [-0.3, -0.25) is 4.90 Å². The normalized spacial score (nSPS) is 31.6. The van der Waals surface area contributed by atoms with Crippen molar-refractivity contribution < 1.29 is 20.4 Å². The van der Waals surface area contributed by atoms with Crippen molar-refractivity contribution in [2.75, 3.05) is 19.7 Å². The standard InChI is InChI=1S/C15H31NO4/c1-2-3-4-5-6-7-8-9-16-10-13(18)15(20)14(19)12(16)11-17/h12-15,17-20H,2-11H2,1H3/t12-,13-,14-,15+/m0/s1. The Kier molecular flexibility index (Phi) is 8.64. The van der Waals surface area contributed by atoms with Gasteiger partial charge in [0.15, 0.2) is 0 Å². The Morgan fingerprint density at radius 2 is 1.50 bits per heavy atom. The fourth-order valence-electron chi connectivity index (χ4n) is 2.91. The van der Waals surface area contributed by atoms with E-state index in [2.05, 4.69) is 6.92 Å². The number of unbranched alkanes of at least 4 members (excludes halogenated alkanes) is 6. The molecule has 1 aliphatic rings. The number of nitrogens with zero attached hydrogens (tertiary/aromatic N) is 1. The van der Waals surface area contributed by atoms with Gasteiger partial charge in [-0.15, -0.1) is 0 Å². The van der Waals surface area contributed by atoms with E-state index in [0.29, 0.717) is 6.54 Å². The topological polar surface area (TPSA) is 84.2 Å². The Morgan fingerprint density at radius 1 is 0.900 bits per heavy atom. The van der Waals surface area contributed by atoms with Crippen molar-refractivity contribution in [1.29, 1.82) is 0 Å². The molecule has 1 aliphatic heterocycles. The molecule has 0 amide bonds. The van der Waals surface area contributed by atoms with Crippen LogP contribution in [0.4, 0.5) is 0 Å². The third-order valence-corrected chi connectivity index (χ3v) is 4.26. The van der Waals surface area contributed by atoms with Gasteiger partial charge in [0.25, 0.3) is 0 Å². The van der Waals surface area contributed by atoms with E-state index in [1.165, 1.54) is 32.1 Å². The minimum absolute atomic E-state index is 0.193. The molecule has 4 atom stereocenters. The van der Waals surface area contributed by atoms with E-state index in [-0.39, 0.29) is 6.61 Å². The third-order valence-electron chi connectivity index (χ3n) is 4.26. The summed E-state index contributed by atoms with van der Waals surface area (Å²) >= 11 is 0. The first kappa shape index (κ1) is 17.9. The molecule has 4 N–H and O–H groups in total. The van der Waals surface area contributed by atoms with Gasteiger partial charge in [0.1, 0.15) is 12.2 Å². The van der Waals surface area contributed by atoms with Crippen LogP contribution in [0.15, 0.2) is 0 Å². The molecule has 20 heavy (non-hydrogen) atoms. The lowest BCUT2D eigenvalue weighted by Gasteiger charge is -2.43. The highest BCUT2D eigenvalue weighted by atomic mass is 16.4. The van der Waals surface area contributed by atoms with Crippen LogP contribution < -0.4 is 0 Å². The highest BCUT2D eigenvalue weighted by Gasteiger charge is 2.40. The third kappa shape index (κ3) is 5.30.